The van der Waals surface area contributed by atoms with Crippen molar-refractivity contribution < 1.29 is 13.2 Å². The number of likely N-dealkylation sites (N-methyl/N-ethyl adjacent to an activating group) is 1. The van der Waals surface area contributed by atoms with Gasteiger partial charge in [-0.3, -0.25) is 4.79 Å². The van der Waals surface area contributed by atoms with E-state index in [0.29, 0.717) is 30.9 Å². The Morgan fingerprint density at radius 2 is 1.74 bits per heavy atom. The van der Waals surface area contributed by atoms with E-state index >= 15 is 0 Å². The second-order valence-electron chi connectivity index (χ2n) is 10.2. The number of hydrogen-bond donors (Lipinski definition) is 2. The van der Waals surface area contributed by atoms with Gasteiger partial charge in [0.25, 0.3) is 5.91 Å². The zero-order valence-electron chi connectivity index (χ0n) is 21.0. The lowest BCUT2D eigenvalue weighted by Crippen LogP contribution is -2.40. The van der Waals surface area contributed by atoms with E-state index in [4.69, 9.17) is 0 Å². The Morgan fingerprint density at radius 3 is 2.41 bits per heavy atom. The first kappa shape index (κ1) is 26.2. The van der Waals surface area contributed by atoms with Crippen LogP contribution >= 0.6 is 0 Å². The molecule has 7 nitrogen and oxygen atoms in total. The fourth-order valence-corrected chi connectivity index (χ4v) is 5.53. The van der Waals surface area contributed by atoms with Crippen molar-refractivity contribution in [2.24, 2.45) is 0 Å². The van der Waals surface area contributed by atoms with Crippen molar-refractivity contribution in [3.05, 3.63) is 59.7 Å². The van der Waals surface area contributed by atoms with Crippen LogP contribution in [0, 0.1) is 0 Å². The summed E-state index contributed by atoms with van der Waals surface area (Å²) >= 11 is 0. The van der Waals surface area contributed by atoms with Gasteiger partial charge >= 0.3 is 0 Å². The standard InChI is InChI=1S/C26H38N4O3S/c1-20(21-10-7-6-8-11-21)19-27-23-16-22(25(31)30-13-9-12-29(5)14-15-30)17-24(18-23)34(32,33)28-26(2,3)4/h6-8,10-11,16-18,20,27-28H,9,12-15,19H2,1-5H3. The minimum atomic E-state index is -3.80. The number of nitrogens with zero attached hydrogens (tertiary/aromatic N) is 2. The number of sulfonamides is 1. The summed E-state index contributed by atoms with van der Waals surface area (Å²) < 4.78 is 29.0. The number of anilines is 1. The first-order valence-corrected chi connectivity index (χ1v) is 13.4. The van der Waals surface area contributed by atoms with Gasteiger partial charge in [-0.15, -0.1) is 0 Å². The van der Waals surface area contributed by atoms with Crippen LogP contribution in [0.15, 0.2) is 53.4 Å². The molecule has 34 heavy (non-hydrogen) atoms. The highest BCUT2D eigenvalue weighted by Gasteiger charge is 2.26. The van der Waals surface area contributed by atoms with Crippen molar-refractivity contribution in [1.29, 1.82) is 0 Å². The molecule has 0 spiro atoms. The molecule has 1 unspecified atom stereocenters. The molecule has 1 fully saturated rings. The van der Waals surface area contributed by atoms with Crippen LogP contribution in [-0.4, -0.2) is 69.4 Å². The van der Waals surface area contributed by atoms with Gasteiger partial charge in [0.2, 0.25) is 10.0 Å². The maximum Gasteiger partial charge on any atom is 0.254 e. The Kier molecular flexibility index (Phi) is 8.38. The molecule has 1 atom stereocenters. The molecular weight excluding hydrogens is 448 g/mol. The Morgan fingerprint density at radius 1 is 1.03 bits per heavy atom. The van der Waals surface area contributed by atoms with Gasteiger partial charge in [-0.1, -0.05) is 37.3 Å². The zero-order chi connectivity index (χ0) is 24.9. The molecule has 0 aliphatic carbocycles. The van der Waals surface area contributed by atoms with E-state index in [1.807, 2.05) is 23.1 Å². The van der Waals surface area contributed by atoms with Gasteiger partial charge in [0.05, 0.1) is 4.90 Å². The Balaban J connectivity index is 1.90. The fourth-order valence-electron chi connectivity index (χ4n) is 4.04. The molecule has 1 amide bonds. The molecule has 2 N–H and O–H groups in total. The molecule has 1 heterocycles. The Bertz CT molecular complexity index is 1080. The average molecular weight is 487 g/mol. The first-order valence-electron chi connectivity index (χ1n) is 11.9. The van der Waals surface area contributed by atoms with E-state index < -0.39 is 15.6 Å². The van der Waals surface area contributed by atoms with Crippen LogP contribution in [-0.2, 0) is 10.0 Å². The predicted molar refractivity (Wildman–Crippen MR) is 138 cm³/mol. The van der Waals surface area contributed by atoms with Crippen molar-refractivity contribution in [2.75, 3.05) is 45.1 Å². The molecule has 186 valence electrons. The lowest BCUT2D eigenvalue weighted by molar-refractivity contribution is 0.0762. The quantitative estimate of drug-likeness (QED) is 0.623. The highest BCUT2D eigenvalue weighted by molar-refractivity contribution is 7.89. The lowest BCUT2D eigenvalue weighted by atomic mass is 10.0. The summed E-state index contributed by atoms with van der Waals surface area (Å²) in [6.07, 6.45) is 0.894. The van der Waals surface area contributed by atoms with Gasteiger partial charge in [0, 0.05) is 43.0 Å². The number of hydrogen-bond acceptors (Lipinski definition) is 5. The van der Waals surface area contributed by atoms with Gasteiger partial charge < -0.3 is 15.1 Å². The zero-order valence-corrected chi connectivity index (χ0v) is 21.8. The molecule has 0 bridgehead atoms. The van der Waals surface area contributed by atoms with Gasteiger partial charge in [0.1, 0.15) is 0 Å². The molecule has 8 heteroatoms. The SMILES string of the molecule is CC(CNc1cc(C(=O)N2CCCN(C)CC2)cc(S(=O)(=O)NC(C)(C)C)c1)c1ccccc1. The number of benzene rings is 2. The maximum atomic E-state index is 13.4. The third-order valence-electron chi connectivity index (χ3n) is 5.89. The van der Waals surface area contributed by atoms with E-state index in [1.165, 1.54) is 11.6 Å². The molecule has 0 saturated carbocycles. The van der Waals surface area contributed by atoms with Gasteiger partial charge in [-0.25, -0.2) is 13.1 Å². The Labute approximate surface area is 204 Å². The number of nitrogens with one attached hydrogen (secondary N) is 2. The molecule has 2 aromatic rings. The highest BCUT2D eigenvalue weighted by atomic mass is 32.2. The van der Waals surface area contributed by atoms with Crippen LogP contribution in [0.3, 0.4) is 0 Å². The minimum Gasteiger partial charge on any atom is -0.384 e. The summed E-state index contributed by atoms with van der Waals surface area (Å²) in [6.45, 7) is 11.2. The number of carbonyl (C=O) groups is 1. The van der Waals surface area contributed by atoms with Gasteiger partial charge in [-0.05, 0) is 70.5 Å². The monoisotopic (exact) mass is 486 g/mol. The van der Waals surface area contributed by atoms with Crippen LogP contribution in [0.1, 0.15) is 56.0 Å². The normalized spacial score (nSPS) is 16.7. The van der Waals surface area contributed by atoms with Crippen LogP contribution in [0.4, 0.5) is 5.69 Å². The molecule has 0 aromatic heterocycles. The first-order chi connectivity index (χ1) is 15.9. The highest BCUT2D eigenvalue weighted by Crippen LogP contribution is 2.24. The van der Waals surface area contributed by atoms with Crippen LogP contribution in [0.2, 0.25) is 0 Å². The number of rotatable bonds is 7. The summed E-state index contributed by atoms with van der Waals surface area (Å²) in [5.41, 5.74) is 1.56. The minimum absolute atomic E-state index is 0.0927. The Hall–Kier alpha value is -2.42. The van der Waals surface area contributed by atoms with Gasteiger partial charge in [-0.2, -0.15) is 0 Å². The van der Waals surface area contributed by atoms with Gasteiger partial charge in [0.15, 0.2) is 0 Å². The largest absolute Gasteiger partial charge is 0.384 e. The lowest BCUT2D eigenvalue weighted by Gasteiger charge is -2.23. The molecule has 0 radical (unpaired) electrons. The van der Waals surface area contributed by atoms with Crippen molar-refractivity contribution >= 4 is 21.6 Å². The van der Waals surface area contributed by atoms with Crippen LogP contribution in [0.25, 0.3) is 0 Å². The summed E-state index contributed by atoms with van der Waals surface area (Å²) in [7, 11) is -1.75. The predicted octanol–water partition coefficient (Wildman–Crippen LogP) is 3.76. The van der Waals surface area contributed by atoms with Crippen LogP contribution in [0.5, 0.6) is 0 Å². The van der Waals surface area contributed by atoms with E-state index in [1.54, 1.807) is 32.9 Å². The number of carbonyl (C=O) groups excluding carboxylic acids is 1. The third-order valence-corrected chi connectivity index (χ3v) is 7.63. The van der Waals surface area contributed by atoms with E-state index in [-0.39, 0.29) is 16.7 Å². The van der Waals surface area contributed by atoms with Crippen molar-refractivity contribution in [3.8, 4) is 0 Å². The van der Waals surface area contributed by atoms with Crippen LogP contribution < -0.4 is 10.0 Å². The molecule has 1 saturated heterocycles. The average Bonchev–Trinajstić information content (AvgIpc) is 3.00. The van der Waals surface area contributed by atoms with Crippen molar-refractivity contribution in [3.63, 3.8) is 0 Å². The second kappa shape index (κ2) is 10.9. The van der Waals surface area contributed by atoms with E-state index in [0.717, 1.165) is 19.5 Å². The van der Waals surface area contributed by atoms with Crippen molar-refractivity contribution in [2.45, 2.75) is 50.5 Å². The second-order valence-corrected chi connectivity index (χ2v) is 11.9. The molecule has 2 aromatic carbocycles. The third kappa shape index (κ3) is 7.29. The fraction of sp³-hybridized carbons (Fsp3) is 0.500. The van der Waals surface area contributed by atoms with E-state index in [9.17, 15) is 13.2 Å². The molecule has 1 aliphatic rings. The smallest absolute Gasteiger partial charge is 0.254 e. The summed E-state index contributed by atoms with van der Waals surface area (Å²) in [4.78, 5) is 17.5. The molecule has 1 aliphatic heterocycles. The topological polar surface area (TPSA) is 81.8 Å². The number of amides is 1. The maximum absolute atomic E-state index is 13.4. The summed E-state index contributed by atoms with van der Waals surface area (Å²) in [5, 5.41) is 3.36. The molecule has 3 rings (SSSR count). The summed E-state index contributed by atoms with van der Waals surface area (Å²) in [5.74, 6) is 0.0803. The molecular formula is C26H38N4O3S. The van der Waals surface area contributed by atoms with Crippen molar-refractivity contribution in [1.82, 2.24) is 14.5 Å². The van der Waals surface area contributed by atoms with E-state index in [2.05, 4.69) is 41.0 Å². The summed E-state index contributed by atoms with van der Waals surface area (Å²) in [6, 6.07) is 15.0.